The molecule has 1 aromatic rings. The number of rotatable bonds is 3. The van der Waals surface area contributed by atoms with Gasteiger partial charge in [0.05, 0.1) is 5.71 Å². The topological polar surface area (TPSA) is 70.6 Å². The Kier molecular flexibility index (Phi) is 4.79. The molecule has 0 unspecified atom stereocenters. The number of nitrogens with zero attached hydrogens (tertiary/aromatic N) is 1. The molecule has 0 fully saturated rings. The molecule has 1 aliphatic rings. The fraction of sp³-hybridized carbons (Fsp3) is 0.357. The molecule has 2 rings (SSSR count). The van der Waals surface area contributed by atoms with E-state index in [1.165, 1.54) is 11.8 Å². The van der Waals surface area contributed by atoms with E-state index >= 15 is 0 Å². The van der Waals surface area contributed by atoms with Crippen LogP contribution in [0.25, 0.3) is 0 Å². The second-order valence-electron chi connectivity index (χ2n) is 4.75. The fourth-order valence-corrected chi connectivity index (χ4v) is 2.39. The summed E-state index contributed by atoms with van der Waals surface area (Å²) < 4.78 is 0. The highest BCUT2D eigenvalue weighted by Gasteiger charge is 2.13. The summed E-state index contributed by atoms with van der Waals surface area (Å²) in [5, 5.41) is 7.06. The third-order valence-electron chi connectivity index (χ3n) is 2.71. The van der Waals surface area contributed by atoms with Crippen LogP contribution in [0, 0.1) is 0 Å². The van der Waals surface area contributed by atoms with Crippen molar-refractivity contribution in [3.63, 3.8) is 0 Å². The summed E-state index contributed by atoms with van der Waals surface area (Å²) in [5.41, 5.74) is 5.05. The lowest BCUT2D eigenvalue weighted by atomic mass is 10.0. The molecule has 1 aromatic carbocycles. The third kappa shape index (κ3) is 4.09. The first-order valence-corrected chi connectivity index (χ1v) is 7.36. The Morgan fingerprint density at radius 3 is 2.55 bits per heavy atom. The summed E-state index contributed by atoms with van der Waals surface area (Å²) in [6.45, 7) is 3.95. The van der Waals surface area contributed by atoms with Crippen molar-refractivity contribution in [2.24, 2.45) is 5.10 Å². The molecule has 1 heterocycles. The summed E-state index contributed by atoms with van der Waals surface area (Å²) in [6.07, 6.45) is 1.10. The Bertz CT molecular complexity index is 538. The van der Waals surface area contributed by atoms with Crippen LogP contribution in [0.15, 0.2) is 29.4 Å². The van der Waals surface area contributed by atoms with E-state index in [4.69, 9.17) is 0 Å². The van der Waals surface area contributed by atoms with Crippen LogP contribution in [0.3, 0.4) is 0 Å². The van der Waals surface area contributed by atoms with Crippen molar-refractivity contribution >= 4 is 34.3 Å². The summed E-state index contributed by atoms with van der Waals surface area (Å²) in [6, 6.07) is 7.47. The maximum atomic E-state index is 11.6. The van der Waals surface area contributed by atoms with Gasteiger partial charge in [-0.15, -0.1) is 0 Å². The van der Waals surface area contributed by atoms with Crippen LogP contribution >= 0.6 is 11.8 Å². The van der Waals surface area contributed by atoms with Gasteiger partial charge in [-0.1, -0.05) is 37.7 Å². The van der Waals surface area contributed by atoms with Gasteiger partial charge in [-0.05, 0) is 17.7 Å². The van der Waals surface area contributed by atoms with E-state index in [0.29, 0.717) is 12.8 Å². The lowest BCUT2D eigenvalue weighted by Gasteiger charge is -2.12. The van der Waals surface area contributed by atoms with Gasteiger partial charge in [0.2, 0.25) is 5.91 Å². The molecule has 0 spiro atoms. The SMILES string of the molecule is CC(C)SC(=O)Nc1ccc(C2=NNC(=O)CC2)cc1. The number of hydrogen-bond acceptors (Lipinski definition) is 4. The van der Waals surface area contributed by atoms with E-state index in [1.54, 1.807) is 0 Å². The van der Waals surface area contributed by atoms with Crippen molar-refractivity contribution < 1.29 is 9.59 Å². The number of benzene rings is 1. The van der Waals surface area contributed by atoms with Crippen molar-refractivity contribution in [2.75, 3.05) is 5.32 Å². The monoisotopic (exact) mass is 291 g/mol. The normalized spacial score (nSPS) is 14.8. The van der Waals surface area contributed by atoms with Gasteiger partial charge in [0.15, 0.2) is 0 Å². The first-order valence-electron chi connectivity index (χ1n) is 6.48. The molecule has 2 amide bonds. The highest BCUT2D eigenvalue weighted by atomic mass is 32.2. The van der Waals surface area contributed by atoms with Crippen LogP contribution in [0.1, 0.15) is 32.3 Å². The molecule has 0 aromatic heterocycles. The highest BCUT2D eigenvalue weighted by Crippen LogP contribution is 2.17. The number of thioether (sulfide) groups is 1. The van der Waals surface area contributed by atoms with Crippen molar-refractivity contribution in [1.82, 2.24) is 5.43 Å². The predicted molar refractivity (Wildman–Crippen MR) is 82.1 cm³/mol. The van der Waals surface area contributed by atoms with Gasteiger partial charge in [0.1, 0.15) is 0 Å². The Labute approximate surface area is 122 Å². The van der Waals surface area contributed by atoms with E-state index in [0.717, 1.165) is 17.0 Å². The second kappa shape index (κ2) is 6.56. The van der Waals surface area contributed by atoms with Crippen molar-refractivity contribution in [3.05, 3.63) is 29.8 Å². The third-order valence-corrected chi connectivity index (χ3v) is 3.50. The minimum Gasteiger partial charge on any atom is -0.317 e. The van der Waals surface area contributed by atoms with E-state index in [1.807, 2.05) is 38.1 Å². The van der Waals surface area contributed by atoms with Crippen LogP contribution in [0.5, 0.6) is 0 Å². The largest absolute Gasteiger partial charge is 0.317 e. The summed E-state index contributed by atoms with van der Waals surface area (Å²) >= 11 is 1.26. The van der Waals surface area contributed by atoms with Gasteiger partial charge in [-0.3, -0.25) is 9.59 Å². The van der Waals surface area contributed by atoms with Gasteiger partial charge in [0.25, 0.3) is 5.24 Å². The first-order chi connectivity index (χ1) is 9.54. The van der Waals surface area contributed by atoms with Crippen LogP contribution in [-0.4, -0.2) is 22.1 Å². The fourth-order valence-electron chi connectivity index (χ4n) is 1.79. The summed E-state index contributed by atoms with van der Waals surface area (Å²) in [7, 11) is 0. The Morgan fingerprint density at radius 2 is 2.00 bits per heavy atom. The molecule has 2 N–H and O–H groups in total. The standard InChI is InChI=1S/C14H17N3O2S/c1-9(2)20-14(19)15-11-5-3-10(4-6-11)12-7-8-13(18)17-16-12/h3-6,9H,7-8H2,1-2H3,(H,15,19)(H,17,18). The van der Waals surface area contributed by atoms with Gasteiger partial charge >= 0.3 is 0 Å². The number of amides is 2. The summed E-state index contributed by atoms with van der Waals surface area (Å²) in [4.78, 5) is 22.7. The molecule has 0 atom stereocenters. The lowest BCUT2D eigenvalue weighted by molar-refractivity contribution is -0.121. The van der Waals surface area contributed by atoms with Gasteiger partial charge in [-0.25, -0.2) is 5.43 Å². The molecule has 6 heteroatoms. The minimum atomic E-state index is -0.0602. The zero-order chi connectivity index (χ0) is 14.5. The molecular formula is C14H17N3O2S. The van der Waals surface area contributed by atoms with Crippen LogP contribution < -0.4 is 10.7 Å². The number of carbonyl (C=O) groups is 2. The van der Waals surface area contributed by atoms with Crippen LogP contribution in [0.2, 0.25) is 0 Å². The average Bonchev–Trinajstić information content (AvgIpc) is 2.39. The Morgan fingerprint density at radius 1 is 1.30 bits per heavy atom. The lowest BCUT2D eigenvalue weighted by Crippen LogP contribution is -2.25. The van der Waals surface area contributed by atoms with E-state index in [2.05, 4.69) is 15.8 Å². The zero-order valence-electron chi connectivity index (χ0n) is 11.5. The van der Waals surface area contributed by atoms with E-state index in [-0.39, 0.29) is 16.4 Å². The number of hydrogen-bond donors (Lipinski definition) is 2. The molecule has 0 radical (unpaired) electrons. The molecule has 5 nitrogen and oxygen atoms in total. The molecule has 0 saturated heterocycles. The van der Waals surface area contributed by atoms with Crippen LogP contribution in [-0.2, 0) is 4.79 Å². The molecule has 1 aliphatic heterocycles. The number of carbonyl (C=O) groups excluding carboxylic acids is 2. The number of hydrazone groups is 1. The molecule has 0 bridgehead atoms. The summed E-state index contributed by atoms with van der Waals surface area (Å²) in [5.74, 6) is -0.0525. The molecule has 0 aliphatic carbocycles. The van der Waals surface area contributed by atoms with Gasteiger partial charge in [-0.2, -0.15) is 5.10 Å². The number of anilines is 1. The maximum Gasteiger partial charge on any atom is 0.283 e. The smallest absolute Gasteiger partial charge is 0.283 e. The quantitative estimate of drug-likeness (QED) is 0.899. The first kappa shape index (κ1) is 14.6. The average molecular weight is 291 g/mol. The Hall–Kier alpha value is -1.82. The molecule has 106 valence electrons. The maximum absolute atomic E-state index is 11.6. The van der Waals surface area contributed by atoms with Crippen molar-refractivity contribution in [1.29, 1.82) is 0 Å². The Balaban J connectivity index is 2.00. The second-order valence-corrected chi connectivity index (χ2v) is 6.30. The molecule has 0 saturated carbocycles. The predicted octanol–water partition coefficient (Wildman–Crippen LogP) is 2.97. The van der Waals surface area contributed by atoms with Gasteiger partial charge in [0, 0.05) is 23.8 Å². The van der Waals surface area contributed by atoms with E-state index in [9.17, 15) is 9.59 Å². The van der Waals surface area contributed by atoms with Crippen LogP contribution in [0.4, 0.5) is 10.5 Å². The van der Waals surface area contributed by atoms with Crippen molar-refractivity contribution in [3.8, 4) is 0 Å². The molecular weight excluding hydrogens is 274 g/mol. The zero-order valence-corrected chi connectivity index (χ0v) is 12.3. The van der Waals surface area contributed by atoms with Gasteiger partial charge < -0.3 is 5.32 Å². The van der Waals surface area contributed by atoms with Crippen molar-refractivity contribution in [2.45, 2.75) is 31.9 Å². The van der Waals surface area contributed by atoms with E-state index < -0.39 is 0 Å². The highest BCUT2D eigenvalue weighted by molar-refractivity contribution is 8.14. The minimum absolute atomic E-state index is 0.0525. The molecule has 20 heavy (non-hydrogen) atoms. The number of nitrogens with one attached hydrogen (secondary N) is 2.